The van der Waals surface area contributed by atoms with E-state index in [0.717, 1.165) is 72.6 Å². The van der Waals surface area contributed by atoms with Crippen LogP contribution in [-0.2, 0) is 0 Å². The van der Waals surface area contributed by atoms with Crippen LogP contribution in [-0.4, -0.2) is 19.6 Å². The number of benzene rings is 9. The third-order valence-electron chi connectivity index (χ3n) is 12.0. The number of hydrogen-bond acceptors (Lipinski definition) is 3. The lowest BCUT2D eigenvalue weighted by Crippen LogP contribution is -1.96. The van der Waals surface area contributed by atoms with E-state index in [1.54, 1.807) is 0 Å². The number of rotatable bonds is 6. The zero-order valence-corrected chi connectivity index (χ0v) is 33.1. The molecule has 0 spiro atoms. The second kappa shape index (κ2) is 14.3. The van der Waals surface area contributed by atoms with Crippen molar-refractivity contribution in [1.82, 2.24) is 19.6 Å². The lowest BCUT2D eigenvalue weighted by atomic mass is 9.92. The fourth-order valence-corrected chi connectivity index (χ4v) is 9.11. The molecule has 4 heteroatoms. The molecule has 0 saturated heterocycles. The lowest BCUT2D eigenvalue weighted by molar-refractivity contribution is 0.979. The molecule has 0 aliphatic heterocycles. The van der Waals surface area contributed by atoms with Crippen LogP contribution >= 0.6 is 0 Å². The molecular weight excluding hydrogens is 741 g/mol. The number of fused-ring (bicyclic) bond motifs is 9. The Labute approximate surface area is 352 Å². The van der Waals surface area contributed by atoms with Crippen molar-refractivity contribution in [3.05, 3.63) is 218 Å². The van der Waals surface area contributed by atoms with E-state index in [2.05, 4.69) is 205 Å². The highest BCUT2D eigenvalue weighted by atomic mass is 15.2. The molecule has 3 heterocycles. The molecule has 0 amide bonds. The summed E-state index contributed by atoms with van der Waals surface area (Å²) in [6.07, 6.45) is 0. The average Bonchev–Trinajstić information content (AvgIpc) is 3.76. The van der Waals surface area contributed by atoms with Crippen molar-refractivity contribution in [3.63, 3.8) is 0 Å². The van der Waals surface area contributed by atoms with Gasteiger partial charge in [0.25, 0.3) is 0 Å². The van der Waals surface area contributed by atoms with Crippen LogP contribution in [0.2, 0.25) is 0 Å². The molecular formula is C57H36N4. The van der Waals surface area contributed by atoms with Crippen LogP contribution in [0.4, 0.5) is 0 Å². The van der Waals surface area contributed by atoms with E-state index in [4.69, 9.17) is 15.1 Å². The first-order valence-corrected chi connectivity index (χ1v) is 20.7. The Morgan fingerprint density at radius 1 is 0.311 bits per heavy atom. The van der Waals surface area contributed by atoms with Gasteiger partial charge in [-0.1, -0.05) is 200 Å². The van der Waals surface area contributed by atoms with Gasteiger partial charge >= 0.3 is 0 Å². The van der Waals surface area contributed by atoms with Gasteiger partial charge in [-0.15, -0.1) is 0 Å². The quantitative estimate of drug-likeness (QED) is 0.158. The summed E-state index contributed by atoms with van der Waals surface area (Å²) in [5.41, 5.74) is 12.2. The molecule has 12 rings (SSSR count). The molecule has 9 aromatic carbocycles. The molecule has 0 radical (unpaired) electrons. The van der Waals surface area contributed by atoms with Gasteiger partial charge in [-0.2, -0.15) is 5.10 Å². The predicted molar refractivity (Wildman–Crippen MR) is 253 cm³/mol. The van der Waals surface area contributed by atoms with E-state index in [9.17, 15) is 0 Å². The lowest BCUT2D eigenvalue weighted by Gasteiger charge is -2.13. The third kappa shape index (κ3) is 5.88. The highest BCUT2D eigenvalue weighted by Gasteiger charge is 2.22. The molecule has 0 aliphatic carbocycles. The molecule has 0 unspecified atom stereocenters. The van der Waals surface area contributed by atoms with E-state index in [0.29, 0.717) is 5.82 Å². The Morgan fingerprint density at radius 2 is 0.787 bits per heavy atom. The minimum atomic E-state index is 0.689. The highest BCUT2D eigenvalue weighted by molar-refractivity contribution is 6.25. The zero-order chi connectivity index (χ0) is 40.3. The molecule has 0 aliphatic rings. The summed E-state index contributed by atoms with van der Waals surface area (Å²) in [5, 5.41) is 15.2. The summed E-state index contributed by atoms with van der Waals surface area (Å²) in [6, 6.07) is 77.4. The second-order valence-corrected chi connectivity index (χ2v) is 15.6. The molecule has 0 bridgehead atoms. The van der Waals surface area contributed by atoms with Crippen molar-refractivity contribution in [2.75, 3.05) is 0 Å². The van der Waals surface area contributed by atoms with Crippen molar-refractivity contribution in [1.29, 1.82) is 0 Å². The van der Waals surface area contributed by atoms with E-state index in [-0.39, 0.29) is 0 Å². The van der Waals surface area contributed by atoms with Crippen LogP contribution in [0.15, 0.2) is 218 Å². The number of nitrogens with zero attached hydrogens (tertiary/aromatic N) is 4. The Hall–Kier alpha value is -8.21. The molecule has 0 fully saturated rings. The Morgan fingerprint density at radius 3 is 1.43 bits per heavy atom. The van der Waals surface area contributed by atoms with Crippen molar-refractivity contribution < 1.29 is 0 Å². The van der Waals surface area contributed by atoms with Crippen LogP contribution in [0, 0.1) is 0 Å². The molecule has 0 atom stereocenters. The highest BCUT2D eigenvalue weighted by Crippen LogP contribution is 2.42. The van der Waals surface area contributed by atoms with E-state index in [1.807, 2.05) is 18.2 Å². The molecule has 3 aromatic heterocycles. The van der Waals surface area contributed by atoms with Crippen molar-refractivity contribution >= 4 is 48.6 Å². The molecule has 4 nitrogen and oxygen atoms in total. The standard InChI is InChI=1S/C57H36N4/c1-4-16-38(17-5-1)53-35-42-22-10-11-23-44(42)56-54(55(60-61(53)56)40-18-6-2-7-19-40)39-30-28-37(29-31-39)51-36-52(59-57(58-51)41-20-8-3-9-21-41)43-32-33-49-47-26-13-12-24-45(47)46-25-14-15-27-48(46)50(49)34-43/h1-36H. The number of pyridine rings is 1. The van der Waals surface area contributed by atoms with E-state index < -0.39 is 0 Å². The van der Waals surface area contributed by atoms with Crippen molar-refractivity contribution in [2.24, 2.45) is 0 Å². The van der Waals surface area contributed by atoms with Gasteiger partial charge in [0.05, 0.1) is 22.6 Å². The van der Waals surface area contributed by atoms with Gasteiger partial charge in [0.15, 0.2) is 5.82 Å². The topological polar surface area (TPSA) is 43.1 Å². The minimum Gasteiger partial charge on any atom is -0.231 e. The Balaban J connectivity index is 1.04. The fraction of sp³-hybridized carbons (Fsp3) is 0. The van der Waals surface area contributed by atoms with Gasteiger partial charge in [0.2, 0.25) is 0 Å². The summed E-state index contributed by atoms with van der Waals surface area (Å²) in [6.45, 7) is 0. The molecule has 61 heavy (non-hydrogen) atoms. The third-order valence-corrected chi connectivity index (χ3v) is 12.0. The van der Waals surface area contributed by atoms with Gasteiger partial charge in [0, 0.05) is 38.8 Å². The maximum absolute atomic E-state index is 5.41. The monoisotopic (exact) mass is 776 g/mol. The maximum atomic E-state index is 5.41. The van der Waals surface area contributed by atoms with Crippen LogP contribution in [0.5, 0.6) is 0 Å². The first-order valence-electron chi connectivity index (χ1n) is 20.7. The van der Waals surface area contributed by atoms with Crippen molar-refractivity contribution in [2.45, 2.75) is 0 Å². The number of hydrogen-bond donors (Lipinski definition) is 0. The summed E-state index contributed by atoms with van der Waals surface area (Å²) < 4.78 is 2.14. The normalized spacial score (nSPS) is 11.6. The van der Waals surface area contributed by atoms with E-state index in [1.165, 1.54) is 37.7 Å². The minimum absolute atomic E-state index is 0.689. The van der Waals surface area contributed by atoms with Crippen molar-refractivity contribution in [3.8, 4) is 67.5 Å². The van der Waals surface area contributed by atoms with Gasteiger partial charge in [-0.3, -0.25) is 0 Å². The fourth-order valence-electron chi connectivity index (χ4n) is 9.11. The van der Waals surface area contributed by atoms with E-state index >= 15 is 0 Å². The van der Waals surface area contributed by atoms with Crippen LogP contribution < -0.4 is 0 Å². The van der Waals surface area contributed by atoms with Gasteiger partial charge in [-0.25, -0.2) is 14.5 Å². The molecule has 0 saturated carbocycles. The maximum Gasteiger partial charge on any atom is 0.160 e. The summed E-state index contributed by atoms with van der Waals surface area (Å²) in [5.74, 6) is 0.689. The van der Waals surface area contributed by atoms with Gasteiger partial charge in [0.1, 0.15) is 5.69 Å². The zero-order valence-electron chi connectivity index (χ0n) is 33.1. The SMILES string of the molecule is c1ccc(-c2nc(-c3ccc(-c4c(-c5ccccc5)nn5c(-c6ccccc6)cc6ccccc6c45)cc3)cc(-c3ccc4c5ccccc5c5ccccc5c4c3)n2)cc1. The largest absolute Gasteiger partial charge is 0.231 e. The second-order valence-electron chi connectivity index (χ2n) is 15.6. The Bertz CT molecular complexity index is 3580. The average molecular weight is 777 g/mol. The molecule has 284 valence electrons. The number of aromatic nitrogens is 4. The molecule has 0 N–H and O–H groups in total. The predicted octanol–water partition coefficient (Wildman–Crippen LogP) is 14.7. The first kappa shape index (κ1) is 34.8. The van der Waals surface area contributed by atoms with Crippen LogP contribution in [0.1, 0.15) is 0 Å². The summed E-state index contributed by atoms with van der Waals surface area (Å²) >= 11 is 0. The first-order chi connectivity index (χ1) is 30.2. The van der Waals surface area contributed by atoms with Gasteiger partial charge < -0.3 is 0 Å². The smallest absolute Gasteiger partial charge is 0.160 e. The summed E-state index contributed by atoms with van der Waals surface area (Å²) in [4.78, 5) is 10.4. The van der Waals surface area contributed by atoms with Gasteiger partial charge in [-0.05, 0) is 61.5 Å². The molecule has 12 aromatic rings. The van der Waals surface area contributed by atoms with Crippen LogP contribution in [0.25, 0.3) is 116 Å². The Kier molecular flexibility index (Phi) is 8.13. The summed E-state index contributed by atoms with van der Waals surface area (Å²) in [7, 11) is 0. The van der Waals surface area contributed by atoms with Crippen LogP contribution in [0.3, 0.4) is 0 Å².